The van der Waals surface area contributed by atoms with Gasteiger partial charge in [0.1, 0.15) is 0 Å². The molecule has 1 fully saturated rings. The van der Waals surface area contributed by atoms with Crippen molar-refractivity contribution in [2.24, 2.45) is 5.73 Å². The molecule has 0 radical (unpaired) electrons. The molecule has 1 aromatic heterocycles. The molecule has 82 valence electrons. The molecule has 15 heavy (non-hydrogen) atoms. The Kier molecular flexibility index (Phi) is 2.61. The second-order valence-corrected chi connectivity index (χ2v) is 4.64. The van der Waals surface area contributed by atoms with Crippen LogP contribution in [0.4, 0.5) is 5.82 Å². The zero-order valence-corrected chi connectivity index (χ0v) is 9.40. The molecule has 0 spiro atoms. The number of hydrogen-bond acceptors (Lipinski definition) is 4. The Morgan fingerprint density at radius 2 is 2.07 bits per heavy atom. The van der Waals surface area contributed by atoms with Crippen LogP contribution in [0.5, 0.6) is 0 Å². The van der Waals surface area contributed by atoms with Crippen LogP contribution < -0.4 is 10.6 Å². The summed E-state index contributed by atoms with van der Waals surface area (Å²) in [6.07, 6.45) is 4.30. The van der Waals surface area contributed by atoms with Gasteiger partial charge < -0.3 is 10.6 Å². The van der Waals surface area contributed by atoms with Crippen LogP contribution in [0.25, 0.3) is 0 Å². The molecule has 1 aliphatic rings. The Bertz CT molecular complexity index is 327. The zero-order valence-electron chi connectivity index (χ0n) is 9.40. The normalized spacial score (nSPS) is 17.5. The Morgan fingerprint density at radius 1 is 1.33 bits per heavy atom. The SMILES string of the molecule is CN(C)c1ccc(CCC2(N)CC2)nn1. The number of aryl methyl sites for hydroxylation is 1. The Balaban J connectivity index is 1.92. The molecule has 1 heterocycles. The number of nitrogens with two attached hydrogens (primary N) is 1. The zero-order chi connectivity index (χ0) is 10.9. The standard InChI is InChI=1S/C11H18N4/c1-15(2)10-4-3-9(13-14-10)5-6-11(12)7-8-11/h3-4H,5-8,12H2,1-2H3. The van der Waals surface area contributed by atoms with Crippen LogP contribution in [0.2, 0.25) is 0 Å². The van der Waals surface area contributed by atoms with E-state index in [-0.39, 0.29) is 5.54 Å². The van der Waals surface area contributed by atoms with Crippen molar-refractivity contribution in [3.63, 3.8) is 0 Å². The van der Waals surface area contributed by atoms with Crippen molar-refractivity contribution in [1.82, 2.24) is 10.2 Å². The fraction of sp³-hybridized carbons (Fsp3) is 0.636. The minimum absolute atomic E-state index is 0.113. The maximum atomic E-state index is 6.02. The van der Waals surface area contributed by atoms with Crippen LogP contribution in [0.3, 0.4) is 0 Å². The quantitative estimate of drug-likeness (QED) is 0.797. The van der Waals surface area contributed by atoms with Crippen LogP contribution in [0.1, 0.15) is 25.0 Å². The summed E-state index contributed by atoms with van der Waals surface area (Å²) in [5.74, 6) is 0.896. The van der Waals surface area contributed by atoms with Crippen molar-refractivity contribution < 1.29 is 0 Å². The van der Waals surface area contributed by atoms with Crippen molar-refractivity contribution in [3.8, 4) is 0 Å². The molecule has 0 amide bonds. The monoisotopic (exact) mass is 206 g/mol. The topological polar surface area (TPSA) is 55.0 Å². The molecule has 1 aromatic rings. The van der Waals surface area contributed by atoms with Crippen molar-refractivity contribution >= 4 is 5.82 Å². The molecule has 4 nitrogen and oxygen atoms in total. The van der Waals surface area contributed by atoms with Crippen LogP contribution in [-0.4, -0.2) is 29.8 Å². The molecule has 0 unspecified atom stereocenters. The molecule has 1 saturated carbocycles. The Labute approximate surface area is 90.5 Å². The molecule has 1 aliphatic carbocycles. The van der Waals surface area contributed by atoms with E-state index in [1.165, 1.54) is 0 Å². The summed E-state index contributed by atoms with van der Waals surface area (Å²) in [6.45, 7) is 0. The highest BCUT2D eigenvalue weighted by Gasteiger charge is 2.37. The van der Waals surface area contributed by atoms with E-state index in [0.717, 1.165) is 37.2 Å². The number of hydrogen-bond donors (Lipinski definition) is 1. The molecule has 4 heteroatoms. The van der Waals surface area contributed by atoms with E-state index in [1.807, 2.05) is 31.1 Å². The summed E-state index contributed by atoms with van der Waals surface area (Å²) in [7, 11) is 3.92. The highest BCUT2D eigenvalue weighted by molar-refractivity contribution is 5.34. The third-order valence-electron chi connectivity index (χ3n) is 2.94. The van der Waals surface area contributed by atoms with Gasteiger partial charge in [-0.1, -0.05) is 0 Å². The fourth-order valence-electron chi connectivity index (χ4n) is 1.51. The van der Waals surface area contributed by atoms with E-state index in [9.17, 15) is 0 Å². The third-order valence-corrected chi connectivity index (χ3v) is 2.94. The number of anilines is 1. The first kappa shape index (κ1) is 10.4. The predicted octanol–water partition coefficient (Wildman–Crippen LogP) is 0.966. The Morgan fingerprint density at radius 3 is 2.53 bits per heavy atom. The molecule has 2 rings (SSSR count). The molecule has 0 atom stereocenters. The minimum atomic E-state index is 0.113. The summed E-state index contributed by atoms with van der Waals surface area (Å²) in [4.78, 5) is 1.95. The van der Waals surface area contributed by atoms with Crippen molar-refractivity contribution in [1.29, 1.82) is 0 Å². The van der Waals surface area contributed by atoms with Crippen LogP contribution >= 0.6 is 0 Å². The first-order valence-electron chi connectivity index (χ1n) is 5.38. The molecule has 0 bridgehead atoms. The van der Waals surface area contributed by atoms with Gasteiger partial charge >= 0.3 is 0 Å². The van der Waals surface area contributed by atoms with Crippen LogP contribution in [-0.2, 0) is 6.42 Å². The average Bonchev–Trinajstić information content (AvgIpc) is 2.95. The van der Waals surface area contributed by atoms with Gasteiger partial charge in [0.15, 0.2) is 5.82 Å². The maximum absolute atomic E-state index is 6.02. The Hall–Kier alpha value is -1.16. The minimum Gasteiger partial charge on any atom is -0.361 e. The van der Waals surface area contributed by atoms with Crippen molar-refractivity contribution in [2.45, 2.75) is 31.2 Å². The molecule has 0 aromatic carbocycles. The first-order chi connectivity index (χ1) is 7.09. The average molecular weight is 206 g/mol. The lowest BCUT2D eigenvalue weighted by Crippen LogP contribution is -2.22. The molecule has 2 N–H and O–H groups in total. The van der Waals surface area contributed by atoms with Crippen LogP contribution in [0, 0.1) is 0 Å². The number of rotatable bonds is 4. The van der Waals surface area contributed by atoms with Gasteiger partial charge in [-0.05, 0) is 37.8 Å². The van der Waals surface area contributed by atoms with Gasteiger partial charge in [0.05, 0.1) is 5.69 Å². The maximum Gasteiger partial charge on any atom is 0.150 e. The van der Waals surface area contributed by atoms with Gasteiger partial charge in [0, 0.05) is 19.6 Å². The van der Waals surface area contributed by atoms with Gasteiger partial charge in [-0.15, -0.1) is 5.10 Å². The van der Waals surface area contributed by atoms with Gasteiger partial charge in [-0.2, -0.15) is 5.10 Å². The largest absolute Gasteiger partial charge is 0.361 e. The highest BCUT2D eigenvalue weighted by atomic mass is 15.2. The van der Waals surface area contributed by atoms with E-state index in [0.29, 0.717) is 0 Å². The van der Waals surface area contributed by atoms with Crippen LogP contribution in [0.15, 0.2) is 12.1 Å². The lowest BCUT2D eigenvalue weighted by atomic mass is 10.1. The predicted molar refractivity (Wildman–Crippen MR) is 60.8 cm³/mol. The number of aromatic nitrogens is 2. The second-order valence-electron chi connectivity index (χ2n) is 4.64. The third kappa shape index (κ3) is 2.65. The molecular weight excluding hydrogens is 188 g/mol. The summed E-state index contributed by atoms with van der Waals surface area (Å²) in [5, 5.41) is 8.32. The fourth-order valence-corrected chi connectivity index (χ4v) is 1.51. The molecular formula is C11H18N4. The summed E-state index contributed by atoms with van der Waals surface area (Å²) >= 11 is 0. The first-order valence-corrected chi connectivity index (χ1v) is 5.38. The van der Waals surface area contributed by atoms with E-state index in [1.54, 1.807) is 0 Å². The second kappa shape index (κ2) is 3.77. The lowest BCUT2D eigenvalue weighted by molar-refractivity contribution is 0.600. The van der Waals surface area contributed by atoms with Gasteiger partial charge in [-0.3, -0.25) is 0 Å². The lowest BCUT2D eigenvalue weighted by Gasteiger charge is -2.11. The summed E-state index contributed by atoms with van der Waals surface area (Å²) in [6, 6.07) is 4.03. The molecule has 0 aliphatic heterocycles. The highest BCUT2D eigenvalue weighted by Crippen LogP contribution is 2.36. The van der Waals surface area contributed by atoms with E-state index in [4.69, 9.17) is 5.73 Å². The number of nitrogens with zero attached hydrogens (tertiary/aromatic N) is 3. The van der Waals surface area contributed by atoms with E-state index < -0.39 is 0 Å². The van der Waals surface area contributed by atoms with Gasteiger partial charge in [0.2, 0.25) is 0 Å². The van der Waals surface area contributed by atoms with E-state index in [2.05, 4.69) is 10.2 Å². The van der Waals surface area contributed by atoms with Gasteiger partial charge in [0.25, 0.3) is 0 Å². The summed E-state index contributed by atoms with van der Waals surface area (Å²) in [5.41, 5.74) is 7.17. The van der Waals surface area contributed by atoms with E-state index >= 15 is 0 Å². The van der Waals surface area contributed by atoms with Crippen molar-refractivity contribution in [2.75, 3.05) is 19.0 Å². The van der Waals surface area contributed by atoms with Gasteiger partial charge in [-0.25, -0.2) is 0 Å². The summed E-state index contributed by atoms with van der Waals surface area (Å²) < 4.78 is 0. The molecule has 0 saturated heterocycles. The smallest absolute Gasteiger partial charge is 0.150 e. The van der Waals surface area contributed by atoms with Crippen molar-refractivity contribution in [3.05, 3.63) is 17.8 Å².